The summed E-state index contributed by atoms with van der Waals surface area (Å²) in [4.78, 5) is 2.75. The quantitative estimate of drug-likeness (QED) is 0.793. The second-order valence-electron chi connectivity index (χ2n) is 3.79. The molecule has 16 heavy (non-hydrogen) atoms. The molecule has 0 amide bonds. The highest BCUT2D eigenvalue weighted by Crippen LogP contribution is 2.21. The summed E-state index contributed by atoms with van der Waals surface area (Å²) in [5, 5.41) is 0. The van der Waals surface area contributed by atoms with Crippen LogP contribution in [-0.4, -0.2) is 20.3 Å². The van der Waals surface area contributed by atoms with Gasteiger partial charge in [0.15, 0.2) is 0 Å². The van der Waals surface area contributed by atoms with Gasteiger partial charge < -0.3 is 10.5 Å². The van der Waals surface area contributed by atoms with Gasteiger partial charge in [-0.3, -0.25) is 0 Å². The van der Waals surface area contributed by atoms with Crippen molar-refractivity contribution in [1.82, 2.24) is 0 Å². The number of rotatable bonds is 7. The topological polar surface area (TPSA) is 35.2 Å². The molecule has 0 aliphatic carbocycles. The smallest absolute Gasteiger partial charge is 0.0676 e. The normalized spacial score (nSPS) is 12.1. The summed E-state index contributed by atoms with van der Waals surface area (Å²) in [6.45, 7) is 3.63. The fourth-order valence-electron chi connectivity index (χ4n) is 1.56. The van der Waals surface area contributed by atoms with Crippen LogP contribution >= 0.6 is 11.3 Å². The Bertz CT molecular complexity index is 330. The molecule has 2 N–H and O–H groups in total. The first-order chi connectivity index (χ1) is 7.80. The van der Waals surface area contributed by atoms with E-state index in [1.165, 1.54) is 15.3 Å². The highest BCUT2D eigenvalue weighted by molar-refractivity contribution is 7.12. The van der Waals surface area contributed by atoms with Crippen molar-refractivity contribution in [1.29, 1.82) is 0 Å². The molecule has 90 valence electrons. The van der Waals surface area contributed by atoms with Gasteiger partial charge >= 0.3 is 0 Å². The zero-order chi connectivity index (χ0) is 11.8. The van der Waals surface area contributed by atoms with Crippen molar-refractivity contribution in [2.24, 2.45) is 5.73 Å². The Balaban J connectivity index is 2.67. The van der Waals surface area contributed by atoms with Crippen LogP contribution in [0.2, 0.25) is 0 Å². The van der Waals surface area contributed by atoms with Gasteiger partial charge in [0.05, 0.1) is 6.61 Å². The highest BCUT2D eigenvalue weighted by Gasteiger charge is 2.00. The third-order valence-corrected chi connectivity index (χ3v) is 3.59. The lowest BCUT2D eigenvalue weighted by atomic mass is 10.1. The van der Waals surface area contributed by atoms with Gasteiger partial charge in [-0.1, -0.05) is 6.92 Å². The van der Waals surface area contributed by atoms with Crippen molar-refractivity contribution in [3.8, 4) is 0 Å². The molecule has 0 unspecified atom stereocenters. The molecule has 0 aliphatic heterocycles. The average molecular weight is 239 g/mol. The molecule has 0 saturated carbocycles. The van der Waals surface area contributed by atoms with E-state index in [-0.39, 0.29) is 0 Å². The summed E-state index contributed by atoms with van der Waals surface area (Å²) < 4.78 is 5.20. The summed E-state index contributed by atoms with van der Waals surface area (Å²) in [5.74, 6) is 0. The first-order valence-electron chi connectivity index (χ1n) is 5.77. The monoisotopic (exact) mass is 239 g/mol. The number of ether oxygens (including phenoxy) is 1. The fraction of sp³-hybridized carbons (Fsp3) is 0.538. The van der Waals surface area contributed by atoms with Crippen molar-refractivity contribution < 1.29 is 4.74 Å². The number of hydrogen-bond donors (Lipinski definition) is 1. The Hall–Kier alpha value is -0.640. The lowest BCUT2D eigenvalue weighted by molar-refractivity contribution is 0.223. The highest BCUT2D eigenvalue weighted by atomic mass is 32.1. The molecule has 1 rings (SSSR count). The summed E-state index contributed by atoms with van der Waals surface area (Å²) >= 11 is 1.86. The Morgan fingerprint density at radius 2 is 2.31 bits per heavy atom. The van der Waals surface area contributed by atoms with E-state index >= 15 is 0 Å². The SMILES string of the molecule is CCc1ccc(/C=C(/CCCN)COC)s1. The van der Waals surface area contributed by atoms with Gasteiger partial charge in [0.25, 0.3) is 0 Å². The van der Waals surface area contributed by atoms with Crippen molar-refractivity contribution in [2.45, 2.75) is 26.2 Å². The Morgan fingerprint density at radius 3 is 2.88 bits per heavy atom. The lowest BCUT2D eigenvalue weighted by Crippen LogP contribution is -2.01. The van der Waals surface area contributed by atoms with Crippen molar-refractivity contribution >= 4 is 17.4 Å². The molecule has 0 saturated heterocycles. The van der Waals surface area contributed by atoms with E-state index in [1.54, 1.807) is 7.11 Å². The maximum absolute atomic E-state index is 5.53. The predicted octanol–water partition coefficient (Wildman–Crippen LogP) is 3.08. The van der Waals surface area contributed by atoms with Gasteiger partial charge in [-0.2, -0.15) is 0 Å². The van der Waals surface area contributed by atoms with Gasteiger partial charge in [0, 0.05) is 16.9 Å². The van der Waals surface area contributed by atoms with Crippen molar-refractivity contribution in [3.05, 3.63) is 27.5 Å². The zero-order valence-electron chi connectivity index (χ0n) is 10.2. The van der Waals surface area contributed by atoms with Crippen LogP contribution in [0.1, 0.15) is 29.5 Å². The lowest BCUT2D eigenvalue weighted by Gasteiger charge is -2.04. The summed E-state index contributed by atoms with van der Waals surface area (Å²) in [6.07, 6.45) is 5.41. The number of thiophene rings is 1. The molecule has 0 aliphatic rings. The minimum Gasteiger partial charge on any atom is -0.380 e. The van der Waals surface area contributed by atoms with E-state index in [0.717, 1.165) is 25.8 Å². The minimum atomic E-state index is 0.708. The molecular weight excluding hydrogens is 218 g/mol. The van der Waals surface area contributed by atoms with Crippen LogP contribution in [0.4, 0.5) is 0 Å². The summed E-state index contributed by atoms with van der Waals surface area (Å²) in [7, 11) is 1.74. The third kappa shape index (κ3) is 4.47. The predicted molar refractivity (Wildman–Crippen MR) is 71.8 cm³/mol. The van der Waals surface area contributed by atoms with Gasteiger partial charge in [-0.05, 0) is 49.6 Å². The van der Waals surface area contributed by atoms with E-state index in [9.17, 15) is 0 Å². The second-order valence-corrected chi connectivity index (χ2v) is 4.99. The molecule has 3 heteroatoms. The van der Waals surface area contributed by atoms with E-state index in [4.69, 9.17) is 10.5 Å². The van der Waals surface area contributed by atoms with E-state index in [0.29, 0.717) is 6.61 Å². The third-order valence-electron chi connectivity index (χ3n) is 2.41. The summed E-state index contributed by atoms with van der Waals surface area (Å²) in [5.41, 5.74) is 6.86. The molecule has 0 atom stereocenters. The number of methoxy groups -OCH3 is 1. The van der Waals surface area contributed by atoms with Crippen LogP contribution in [0, 0.1) is 0 Å². The van der Waals surface area contributed by atoms with Gasteiger partial charge in [0.2, 0.25) is 0 Å². The maximum atomic E-state index is 5.53. The summed E-state index contributed by atoms with van der Waals surface area (Å²) in [6, 6.07) is 4.38. The number of hydrogen-bond acceptors (Lipinski definition) is 3. The van der Waals surface area contributed by atoms with E-state index in [2.05, 4.69) is 25.1 Å². The molecule has 2 nitrogen and oxygen atoms in total. The first kappa shape index (κ1) is 13.4. The first-order valence-corrected chi connectivity index (χ1v) is 6.59. The second kappa shape index (κ2) is 7.60. The number of nitrogens with two attached hydrogens (primary N) is 1. The molecule has 1 aromatic rings. The van der Waals surface area contributed by atoms with E-state index < -0.39 is 0 Å². The van der Waals surface area contributed by atoms with Crippen LogP contribution in [-0.2, 0) is 11.2 Å². The van der Waals surface area contributed by atoms with E-state index in [1.807, 2.05) is 11.3 Å². The molecule has 0 bridgehead atoms. The van der Waals surface area contributed by atoms with Gasteiger partial charge in [-0.15, -0.1) is 11.3 Å². The van der Waals surface area contributed by atoms with Crippen LogP contribution < -0.4 is 5.73 Å². The van der Waals surface area contributed by atoms with Crippen LogP contribution in [0.25, 0.3) is 6.08 Å². The fourth-order valence-corrected chi connectivity index (χ4v) is 2.51. The largest absolute Gasteiger partial charge is 0.380 e. The van der Waals surface area contributed by atoms with Crippen LogP contribution in [0.5, 0.6) is 0 Å². The maximum Gasteiger partial charge on any atom is 0.0676 e. The average Bonchev–Trinajstić information content (AvgIpc) is 2.74. The van der Waals surface area contributed by atoms with Crippen LogP contribution in [0.15, 0.2) is 17.7 Å². The van der Waals surface area contributed by atoms with Crippen molar-refractivity contribution in [3.63, 3.8) is 0 Å². The van der Waals surface area contributed by atoms with Crippen LogP contribution in [0.3, 0.4) is 0 Å². The Labute approximate surface area is 102 Å². The van der Waals surface area contributed by atoms with Crippen molar-refractivity contribution in [2.75, 3.05) is 20.3 Å². The molecule has 1 heterocycles. The molecular formula is C13H21NOS. The van der Waals surface area contributed by atoms with Gasteiger partial charge in [0.1, 0.15) is 0 Å². The number of aryl methyl sites for hydroxylation is 1. The Morgan fingerprint density at radius 1 is 1.50 bits per heavy atom. The zero-order valence-corrected chi connectivity index (χ0v) is 11.0. The standard InChI is InChI=1S/C13H21NOS/c1-3-12-6-7-13(16-12)9-11(10-15-2)5-4-8-14/h6-7,9H,3-5,8,10,14H2,1-2H3/b11-9-. The minimum absolute atomic E-state index is 0.708. The molecule has 0 radical (unpaired) electrons. The molecule has 0 spiro atoms. The molecule has 0 fully saturated rings. The Kier molecular flexibility index (Phi) is 6.38. The molecule has 1 aromatic heterocycles. The molecule has 0 aromatic carbocycles. The van der Waals surface area contributed by atoms with Gasteiger partial charge in [-0.25, -0.2) is 0 Å².